The predicted octanol–water partition coefficient (Wildman–Crippen LogP) is 1.76. The molecular formula is C15H20N2O2S. The molecule has 2 unspecified atom stereocenters. The zero-order valence-corrected chi connectivity index (χ0v) is 12.7. The van der Waals surface area contributed by atoms with E-state index in [1.807, 2.05) is 38.1 Å². The van der Waals surface area contributed by atoms with Gasteiger partial charge in [-0.1, -0.05) is 37.3 Å². The van der Waals surface area contributed by atoms with E-state index in [0.29, 0.717) is 24.5 Å². The molecule has 4 nitrogen and oxygen atoms in total. The Balaban J connectivity index is 2.02. The van der Waals surface area contributed by atoms with Crippen LogP contribution in [0.4, 0.5) is 0 Å². The van der Waals surface area contributed by atoms with Gasteiger partial charge in [-0.25, -0.2) is 0 Å². The normalized spacial score (nSPS) is 18.0. The van der Waals surface area contributed by atoms with E-state index in [2.05, 4.69) is 0 Å². The number of carbonyl (C=O) groups is 1. The Hall–Kier alpha value is -1.62. The highest BCUT2D eigenvalue weighted by molar-refractivity contribution is 7.80. The summed E-state index contributed by atoms with van der Waals surface area (Å²) in [5, 5.41) is 0. The monoisotopic (exact) mass is 292 g/mol. The van der Waals surface area contributed by atoms with Gasteiger partial charge in [0.15, 0.2) is 6.10 Å². The largest absolute Gasteiger partial charge is 0.480 e. The minimum atomic E-state index is -0.425. The fourth-order valence-corrected chi connectivity index (χ4v) is 2.39. The minimum Gasteiger partial charge on any atom is -0.480 e. The molecule has 2 N–H and O–H groups in total. The standard InChI is InChI=1S/C15H20N2O2S/c1-3-17(9-10(2)14(16)20)15(18)13-8-11-6-4-5-7-12(11)19-13/h4-7,10,13H,3,8-9H2,1-2H3,(H2,16,20). The highest BCUT2D eigenvalue weighted by Gasteiger charge is 2.32. The molecule has 1 aromatic carbocycles. The van der Waals surface area contributed by atoms with Crippen molar-refractivity contribution in [1.82, 2.24) is 4.90 Å². The number of thiocarbonyl (C=S) groups is 1. The molecular weight excluding hydrogens is 272 g/mol. The molecule has 1 aliphatic rings. The van der Waals surface area contributed by atoms with Crippen LogP contribution in [0.2, 0.25) is 0 Å². The molecule has 5 heteroatoms. The van der Waals surface area contributed by atoms with E-state index in [9.17, 15) is 4.79 Å². The zero-order chi connectivity index (χ0) is 14.7. The van der Waals surface area contributed by atoms with Crippen LogP contribution >= 0.6 is 12.2 Å². The smallest absolute Gasteiger partial charge is 0.264 e. The third-order valence-corrected chi connectivity index (χ3v) is 4.00. The third-order valence-electron chi connectivity index (χ3n) is 3.60. The maximum atomic E-state index is 12.5. The highest BCUT2D eigenvalue weighted by Crippen LogP contribution is 2.29. The van der Waals surface area contributed by atoms with Crippen molar-refractivity contribution in [2.75, 3.05) is 13.1 Å². The van der Waals surface area contributed by atoms with Crippen LogP contribution in [0, 0.1) is 5.92 Å². The molecule has 0 saturated carbocycles. The molecule has 2 rings (SSSR count). The van der Waals surface area contributed by atoms with Crippen molar-refractivity contribution < 1.29 is 9.53 Å². The molecule has 0 spiro atoms. The van der Waals surface area contributed by atoms with Crippen LogP contribution in [-0.4, -0.2) is 35.0 Å². The zero-order valence-electron chi connectivity index (χ0n) is 11.8. The fraction of sp³-hybridized carbons (Fsp3) is 0.467. The minimum absolute atomic E-state index is 0.00630. The van der Waals surface area contributed by atoms with Crippen LogP contribution in [-0.2, 0) is 11.2 Å². The molecule has 0 aromatic heterocycles. The van der Waals surface area contributed by atoms with Crippen LogP contribution < -0.4 is 10.5 Å². The molecule has 1 aliphatic heterocycles. The highest BCUT2D eigenvalue weighted by atomic mass is 32.1. The quantitative estimate of drug-likeness (QED) is 0.840. The van der Waals surface area contributed by atoms with E-state index in [-0.39, 0.29) is 11.8 Å². The fourth-order valence-electron chi connectivity index (χ4n) is 2.32. The first-order chi connectivity index (χ1) is 9.52. The summed E-state index contributed by atoms with van der Waals surface area (Å²) in [7, 11) is 0. The lowest BCUT2D eigenvalue weighted by Crippen LogP contribution is -2.44. The Morgan fingerprint density at radius 1 is 1.55 bits per heavy atom. The summed E-state index contributed by atoms with van der Waals surface area (Å²) >= 11 is 4.97. The number of carbonyl (C=O) groups excluding carboxylic acids is 1. The molecule has 2 atom stereocenters. The molecule has 1 aromatic rings. The molecule has 0 aliphatic carbocycles. The molecule has 1 amide bonds. The number of amides is 1. The van der Waals surface area contributed by atoms with Gasteiger partial charge in [-0.05, 0) is 18.6 Å². The molecule has 0 radical (unpaired) electrons. The van der Waals surface area contributed by atoms with Gasteiger partial charge in [0, 0.05) is 25.4 Å². The summed E-state index contributed by atoms with van der Waals surface area (Å²) in [6, 6.07) is 7.77. The average molecular weight is 292 g/mol. The van der Waals surface area contributed by atoms with Gasteiger partial charge in [-0.2, -0.15) is 0 Å². The van der Waals surface area contributed by atoms with E-state index in [1.54, 1.807) is 4.90 Å². The number of nitrogens with two attached hydrogens (primary N) is 1. The van der Waals surface area contributed by atoms with Gasteiger partial charge in [0.1, 0.15) is 5.75 Å². The second kappa shape index (κ2) is 6.22. The average Bonchev–Trinajstić information content (AvgIpc) is 2.87. The van der Waals surface area contributed by atoms with E-state index in [1.165, 1.54) is 0 Å². The summed E-state index contributed by atoms with van der Waals surface area (Å²) in [6.45, 7) is 5.05. The van der Waals surface area contributed by atoms with Crippen LogP contribution in [0.3, 0.4) is 0 Å². The van der Waals surface area contributed by atoms with Crippen molar-refractivity contribution in [3.63, 3.8) is 0 Å². The lowest BCUT2D eigenvalue weighted by molar-refractivity contribution is -0.138. The maximum absolute atomic E-state index is 12.5. The summed E-state index contributed by atoms with van der Waals surface area (Å²) < 4.78 is 5.74. The number of hydrogen-bond acceptors (Lipinski definition) is 3. The number of rotatable bonds is 5. The Morgan fingerprint density at radius 3 is 2.85 bits per heavy atom. The molecule has 0 fully saturated rings. The lowest BCUT2D eigenvalue weighted by Gasteiger charge is -2.26. The Morgan fingerprint density at radius 2 is 2.25 bits per heavy atom. The Bertz CT molecular complexity index is 493. The second-order valence-corrected chi connectivity index (χ2v) is 5.57. The first-order valence-corrected chi connectivity index (χ1v) is 7.26. The van der Waals surface area contributed by atoms with Crippen LogP contribution in [0.5, 0.6) is 5.75 Å². The topological polar surface area (TPSA) is 55.6 Å². The Kier molecular flexibility index (Phi) is 4.60. The van der Waals surface area contributed by atoms with Crippen molar-refractivity contribution in [3.8, 4) is 5.75 Å². The molecule has 20 heavy (non-hydrogen) atoms. The molecule has 108 valence electrons. The summed E-state index contributed by atoms with van der Waals surface area (Å²) in [5.41, 5.74) is 6.71. The van der Waals surface area contributed by atoms with Gasteiger partial charge >= 0.3 is 0 Å². The van der Waals surface area contributed by atoms with Crippen molar-refractivity contribution in [1.29, 1.82) is 0 Å². The number of hydrogen-bond donors (Lipinski definition) is 1. The third kappa shape index (κ3) is 3.10. The van der Waals surface area contributed by atoms with Crippen molar-refractivity contribution in [2.45, 2.75) is 26.4 Å². The number of nitrogens with zero attached hydrogens (tertiary/aromatic N) is 1. The van der Waals surface area contributed by atoms with E-state index in [0.717, 1.165) is 11.3 Å². The lowest BCUT2D eigenvalue weighted by atomic mass is 10.1. The van der Waals surface area contributed by atoms with Gasteiger partial charge < -0.3 is 15.4 Å². The van der Waals surface area contributed by atoms with Crippen molar-refractivity contribution in [2.24, 2.45) is 11.7 Å². The molecule has 0 saturated heterocycles. The van der Waals surface area contributed by atoms with Gasteiger partial charge in [0.2, 0.25) is 0 Å². The van der Waals surface area contributed by atoms with Crippen molar-refractivity contribution in [3.05, 3.63) is 29.8 Å². The van der Waals surface area contributed by atoms with Crippen molar-refractivity contribution >= 4 is 23.1 Å². The second-order valence-electron chi connectivity index (χ2n) is 5.10. The van der Waals surface area contributed by atoms with E-state index >= 15 is 0 Å². The SMILES string of the molecule is CCN(CC(C)C(N)=S)C(=O)C1Cc2ccccc2O1. The summed E-state index contributed by atoms with van der Waals surface area (Å²) in [5.74, 6) is 0.828. The summed E-state index contributed by atoms with van der Waals surface area (Å²) in [6.07, 6.45) is 0.207. The van der Waals surface area contributed by atoms with Gasteiger partial charge in [-0.15, -0.1) is 0 Å². The van der Waals surface area contributed by atoms with Crippen LogP contribution in [0.25, 0.3) is 0 Å². The van der Waals surface area contributed by atoms with Gasteiger partial charge in [0.25, 0.3) is 5.91 Å². The number of likely N-dealkylation sites (N-methyl/N-ethyl adjacent to an activating group) is 1. The maximum Gasteiger partial charge on any atom is 0.264 e. The van der Waals surface area contributed by atoms with Crippen LogP contribution in [0.15, 0.2) is 24.3 Å². The molecule has 0 bridgehead atoms. The number of benzene rings is 1. The predicted molar refractivity (Wildman–Crippen MR) is 82.8 cm³/mol. The summed E-state index contributed by atoms with van der Waals surface area (Å²) in [4.78, 5) is 14.7. The van der Waals surface area contributed by atoms with E-state index < -0.39 is 6.10 Å². The van der Waals surface area contributed by atoms with E-state index in [4.69, 9.17) is 22.7 Å². The molecule has 1 heterocycles. The first kappa shape index (κ1) is 14.8. The number of fused-ring (bicyclic) bond motifs is 1. The van der Waals surface area contributed by atoms with Gasteiger partial charge in [0.05, 0.1) is 4.99 Å². The Labute approximate surface area is 124 Å². The van der Waals surface area contributed by atoms with Crippen LogP contribution in [0.1, 0.15) is 19.4 Å². The van der Waals surface area contributed by atoms with Gasteiger partial charge in [-0.3, -0.25) is 4.79 Å². The number of para-hydroxylation sites is 1. The first-order valence-electron chi connectivity index (χ1n) is 6.85. The number of ether oxygens (including phenoxy) is 1.